The SMILES string of the molecule is COc1ccc(F)cc1-c1ncoc1C(=O)O. The molecule has 5 nitrogen and oxygen atoms in total. The number of nitrogens with zero attached hydrogens (tertiary/aromatic N) is 1. The van der Waals surface area contributed by atoms with E-state index >= 15 is 0 Å². The summed E-state index contributed by atoms with van der Waals surface area (Å²) in [6.45, 7) is 0. The van der Waals surface area contributed by atoms with Crippen molar-refractivity contribution in [3.63, 3.8) is 0 Å². The van der Waals surface area contributed by atoms with Crippen LogP contribution in [0.5, 0.6) is 5.75 Å². The number of oxazole rings is 1. The van der Waals surface area contributed by atoms with Crippen molar-refractivity contribution in [2.24, 2.45) is 0 Å². The Kier molecular flexibility index (Phi) is 2.78. The van der Waals surface area contributed by atoms with Gasteiger partial charge in [-0.3, -0.25) is 0 Å². The van der Waals surface area contributed by atoms with Gasteiger partial charge in [-0.1, -0.05) is 0 Å². The van der Waals surface area contributed by atoms with Gasteiger partial charge in [0.05, 0.1) is 7.11 Å². The van der Waals surface area contributed by atoms with E-state index in [1.807, 2.05) is 0 Å². The first kappa shape index (κ1) is 11.1. The van der Waals surface area contributed by atoms with Crippen LogP contribution in [0.1, 0.15) is 10.6 Å². The second kappa shape index (κ2) is 4.25. The fraction of sp³-hybridized carbons (Fsp3) is 0.0909. The molecule has 0 saturated heterocycles. The van der Waals surface area contributed by atoms with Gasteiger partial charge in [0.1, 0.15) is 17.3 Å². The molecule has 0 unspecified atom stereocenters. The highest BCUT2D eigenvalue weighted by molar-refractivity contribution is 5.92. The molecule has 0 spiro atoms. The minimum Gasteiger partial charge on any atom is -0.496 e. The monoisotopic (exact) mass is 237 g/mol. The van der Waals surface area contributed by atoms with Crippen molar-refractivity contribution in [3.05, 3.63) is 36.2 Å². The maximum Gasteiger partial charge on any atom is 0.374 e. The number of aromatic nitrogens is 1. The normalized spacial score (nSPS) is 10.2. The van der Waals surface area contributed by atoms with Crippen LogP contribution in [0.25, 0.3) is 11.3 Å². The Morgan fingerprint density at radius 2 is 2.29 bits per heavy atom. The molecule has 0 fully saturated rings. The van der Waals surface area contributed by atoms with Crippen molar-refractivity contribution in [2.75, 3.05) is 7.11 Å². The van der Waals surface area contributed by atoms with Crippen LogP contribution in [-0.4, -0.2) is 23.2 Å². The summed E-state index contributed by atoms with van der Waals surface area (Å²) in [5, 5.41) is 8.88. The summed E-state index contributed by atoms with van der Waals surface area (Å²) >= 11 is 0. The zero-order valence-corrected chi connectivity index (χ0v) is 8.81. The van der Waals surface area contributed by atoms with Crippen molar-refractivity contribution in [3.8, 4) is 17.0 Å². The van der Waals surface area contributed by atoms with E-state index in [0.717, 1.165) is 12.5 Å². The third-order valence-electron chi connectivity index (χ3n) is 2.18. The minimum atomic E-state index is -1.27. The number of carboxylic acid groups (broad SMARTS) is 1. The first-order chi connectivity index (χ1) is 8.13. The second-order valence-electron chi connectivity index (χ2n) is 3.18. The summed E-state index contributed by atoms with van der Waals surface area (Å²) in [6.07, 6.45) is 0.989. The molecule has 2 rings (SSSR count). The maximum atomic E-state index is 13.1. The van der Waals surface area contributed by atoms with E-state index in [2.05, 4.69) is 4.98 Å². The summed E-state index contributed by atoms with van der Waals surface area (Å²) < 4.78 is 22.9. The molecule has 1 aromatic carbocycles. The van der Waals surface area contributed by atoms with Gasteiger partial charge in [0.2, 0.25) is 5.76 Å². The molecule has 6 heteroatoms. The van der Waals surface area contributed by atoms with E-state index in [4.69, 9.17) is 14.3 Å². The Morgan fingerprint density at radius 3 is 2.94 bits per heavy atom. The molecule has 0 amide bonds. The summed E-state index contributed by atoms with van der Waals surface area (Å²) in [4.78, 5) is 14.6. The van der Waals surface area contributed by atoms with Gasteiger partial charge in [-0.2, -0.15) is 0 Å². The number of carbonyl (C=O) groups is 1. The third kappa shape index (κ3) is 1.96. The molecule has 0 aliphatic rings. The second-order valence-corrected chi connectivity index (χ2v) is 3.18. The summed E-state index contributed by atoms with van der Waals surface area (Å²) in [6, 6.07) is 3.75. The number of hydrogen-bond acceptors (Lipinski definition) is 4. The Hall–Kier alpha value is -2.37. The molecular weight excluding hydrogens is 229 g/mol. The highest BCUT2D eigenvalue weighted by Crippen LogP contribution is 2.31. The summed E-state index contributed by atoms with van der Waals surface area (Å²) in [7, 11) is 1.40. The lowest BCUT2D eigenvalue weighted by atomic mass is 10.1. The Morgan fingerprint density at radius 1 is 1.53 bits per heavy atom. The maximum absolute atomic E-state index is 13.1. The Bertz CT molecular complexity index is 564. The van der Waals surface area contributed by atoms with Crippen LogP contribution in [-0.2, 0) is 0 Å². The molecule has 0 saturated carbocycles. The zero-order chi connectivity index (χ0) is 12.4. The molecule has 1 aromatic heterocycles. The molecule has 17 heavy (non-hydrogen) atoms. The largest absolute Gasteiger partial charge is 0.496 e. The molecule has 0 atom stereocenters. The average Bonchev–Trinajstić information content (AvgIpc) is 2.77. The molecule has 1 N–H and O–H groups in total. The van der Waals surface area contributed by atoms with Gasteiger partial charge in [-0.15, -0.1) is 0 Å². The molecule has 0 radical (unpaired) electrons. The topological polar surface area (TPSA) is 72.6 Å². The third-order valence-corrected chi connectivity index (χ3v) is 2.18. The van der Waals surface area contributed by atoms with Crippen LogP contribution in [0.15, 0.2) is 29.0 Å². The lowest BCUT2D eigenvalue weighted by Crippen LogP contribution is -1.98. The van der Waals surface area contributed by atoms with Gasteiger partial charge in [-0.25, -0.2) is 14.2 Å². The standard InChI is InChI=1S/C11H8FNO4/c1-16-8-3-2-6(12)4-7(8)9-10(11(14)15)17-5-13-9/h2-5H,1H3,(H,14,15). The summed E-state index contributed by atoms with van der Waals surface area (Å²) in [5.41, 5.74) is 0.271. The molecule has 0 bridgehead atoms. The van der Waals surface area contributed by atoms with Crippen molar-refractivity contribution >= 4 is 5.97 Å². The van der Waals surface area contributed by atoms with Gasteiger partial charge in [0.25, 0.3) is 0 Å². The van der Waals surface area contributed by atoms with E-state index < -0.39 is 11.8 Å². The zero-order valence-electron chi connectivity index (χ0n) is 8.81. The molecule has 1 heterocycles. The van der Waals surface area contributed by atoms with Crippen LogP contribution in [0, 0.1) is 5.82 Å². The van der Waals surface area contributed by atoms with Crippen molar-refractivity contribution in [1.82, 2.24) is 4.98 Å². The molecular formula is C11H8FNO4. The summed E-state index contributed by atoms with van der Waals surface area (Å²) in [5.74, 6) is -1.82. The molecule has 0 aliphatic carbocycles. The fourth-order valence-electron chi connectivity index (χ4n) is 1.46. The highest BCUT2D eigenvalue weighted by atomic mass is 19.1. The number of ether oxygens (including phenoxy) is 1. The van der Waals surface area contributed by atoms with Gasteiger partial charge >= 0.3 is 5.97 Å². The van der Waals surface area contributed by atoms with E-state index in [1.54, 1.807) is 0 Å². The van der Waals surface area contributed by atoms with Crippen LogP contribution in [0.2, 0.25) is 0 Å². The number of benzene rings is 1. The van der Waals surface area contributed by atoms with Gasteiger partial charge in [-0.05, 0) is 18.2 Å². The number of halogens is 1. The lowest BCUT2D eigenvalue weighted by Gasteiger charge is -2.06. The first-order valence-corrected chi connectivity index (χ1v) is 4.64. The Labute approximate surface area is 95.5 Å². The van der Waals surface area contributed by atoms with Crippen molar-refractivity contribution in [2.45, 2.75) is 0 Å². The number of aromatic carboxylic acids is 1. The predicted octanol–water partition coefficient (Wildman–Crippen LogP) is 2.19. The number of carboxylic acids is 1. The fourth-order valence-corrected chi connectivity index (χ4v) is 1.46. The van der Waals surface area contributed by atoms with Crippen LogP contribution < -0.4 is 4.74 Å². The van der Waals surface area contributed by atoms with Crippen LogP contribution in [0.3, 0.4) is 0 Å². The van der Waals surface area contributed by atoms with E-state index in [1.165, 1.54) is 19.2 Å². The van der Waals surface area contributed by atoms with Crippen LogP contribution >= 0.6 is 0 Å². The number of methoxy groups -OCH3 is 1. The average molecular weight is 237 g/mol. The quantitative estimate of drug-likeness (QED) is 0.885. The lowest BCUT2D eigenvalue weighted by molar-refractivity contribution is 0.0663. The van der Waals surface area contributed by atoms with E-state index in [9.17, 15) is 9.18 Å². The minimum absolute atomic E-state index is 0.0360. The van der Waals surface area contributed by atoms with Crippen molar-refractivity contribution < 1.29 is 23.4 Å². The number of rotatable bonds is 3. The van der Waals surface area contributed by atoms with Gasteiger partial charge in [0.15, 0.2) is 6.39 Å². The Balaban J connectivity index is 2.63. The van der Waals surface area contributed by atoms with Crippen molar-refractivity contribution in [1.29, 1.82) is 0 Å². The first-order valence-electron chi connectivity index (χ1n) is 4.64. The van der Waals surface area contributed by atoms with E-state index in [-0.39, 0.29) is 17.0 Å². The van der Waals surface area contributed by atoms with Gasteiger partial charge in [0, 0.05) is 5.56 Å². The van der Waals surface area contributed by atoms with Crippen LogP contribution in [0.4, 0.5) is 4.39 Å². The molecule has 88 valence electrons. The predicted molar refractivity (Wildman–Crippen MR) is 55.4 cm³/mol. The smallest absolute Gasteiger partial charge is 0.374 e. The van der Waals surface area contributed by atoms with E-state index in [0.29, 0.717) is 5.75 Å². The number of hydrogen-bond donors (Lipinski definition) is 1. The highest BCUT2D eigenvalue weighted by Gasteiger charge is 2.20. The molecule has 0 aliphatic heterocycles. The molecule has 2 aromatic rings. The van der Waals surface area contributed by atoms with Gasteiger partial charge < -0.3 is 14.3 Å².